The first-order valence-electron chi connectivity index (χ1n) is 10.7. The molecule has 2 aromatic rings. The van der Waals surface area contributed by atoms with Gasteiger partial charge in [0.2, 0.25) is 0 Å². The maximum atomic E-state index is 6.26. The van der Waals surface area contributed by atoms with E-state index in [2.05, 4.69) is 18.3 Å². The molecule has 1 aromatic carbocycles. The van der Waals surface area contributed by atoms with Crippen LogP contribution in [0.3, 0.4) is 0 Å². The molecule has 4 heteroatoms. The highest BCUT2D eigenvalue weighted by molar-refractivity contribution is 6.32. The highest BCUT2D eigenvalue weighted by Crippen LogP contribution is 2.61. The third kappa shape index (κ3) is 3.27. The van der Waals surface area contributed by atoms with Crippen LogP contribution in [0.15, 0.2) is 34.7 Å². The van der Waals surface area contributed by atoms with Crippen molar-refractivity contribution in [3.05, 3.63) is 41.1 Å². The van der Waals surface area contributed by atoms with Gasteiger partial charge in [0.15, 0.2) is 0 Å². The lowest BCUT2D eigenvalue weighted by molar-refractivity contribution is -0.0708. The van der Waals surface area contributed by atoms with Crippen LogP contribution in [0, 0.1) is 23.2 Å². The summed E-state index contributed by atoms with van der Waals surface area (Å²) in [6, 6.07) is 10.4. The Morgan fingerprint density at radius 2 is 1.79 bits per heavy atom. The van der Waals surface area contributed by atoms with Crippen molar-refractivity contribution in [2.75, 3.05) is 7.11 Å². The van der Waals surface area contributed by atoms with Crippen LogP contribution in [0.1, 0.15) is 51.2 Å². The van der Waals surface area contributed by atoms with Crippen LogP contribution < -0.4 is 10.1 Å². The number of rotatable bonds is 6. The van der Waals surface area contributed by atoms with Gasteiger partial charge in [0.05, 0.1) is 18.7 Å². The molecule has 0 saturated heterocycles. The molecule has 4 aliphatic carbocycles. The maximum Gasteiger partial charge on any atom is 0.137 e. The number of benzene rings is 1. The molecule has 28 heavy (non-hydrogen) atoms. The monoisotopic (exact) mass is 399 g/mol. The summed E-state index contributed by atoms with van der Waals surface area (Å²) in [4.78, 5) is 0. The summed E-state index contributed by atoms with van der Waals surface area (Å²) in [5.41, 5.74) is 1.50. The third-order valence-corrected chi connectivity index (χ3v) is 7.98. The molecular formula is C24H30ClNO2. The van der Waals surface area contributed by atoms with Crippen LogP contribution in [-0.2, 0) is 6.54 Å². The molecule has 1 aromatic heterocycles. The largest absolute Gasteiger partial charge is 0.495 e. The van der Waals surface area contributed by atoms with Gasteiger partial charge in [0.25, 0.3) is 0 Å². The number of hydrogen-bond acceptors (Lipinski definition) is 3. The van der Waals surface area contributed by atoms with Gasteiger partial charge in [0, 0.05) is 11.6 Å². The summed E-state index contributed by atoms with van der Waals surface area (Å²) in [6.07, 6.45) is 8.79. The van der Waals surface area contributed by atoms with Crippen LogP contribution in [0.4, 0.5) is 0 Å². The van der Waals surface area contributed by atoms with Gasteiger partial charge in [-0.2, -0.15) is 0 Å². The van der Waals surface area contributed by atoms with Crippen LogP contribution in [0.25, 0.3) is 11.3 Å². The second-order valence-electron chi connectivity index (χ2n) is 9.50. The number of hydrogen-bond donors (Lipinski definition) is 1. The zero-order chi connectivity index (χ0) is 19.3. The van der Waals surface area contributed by atoms with E-state index in [1.807, 2.05) is 24.3 Å². The van der Waals surface area contributed by atoms with Gasteiger partial charge in [-0.15, -0.1) is 0 Å². The van der Waals surface area contributed by atoms with Gasteiger partial charge in [-0.05, 0) is 98.9 Å². The number of nitrogens with one attached hydrogen (secondary N) is 1. The number of methoxy groups -OCH3 is 1. The van der Waals surface area contributed by atoms with Crippen molar-refractivity contribution in [1.29, 1.82) is 0 Å². The SMILES string of the molecule is COc1ccc(-c2ccc(CNC(C)C34CC5CC(CC(C5)C3)C4)o2)cc1Cl. The summed E-state index contributed by atoms with van der Waals surface area (Å²) < 4.78 is 11.3. The van der Waals surface area contributed by atoms with Gasteiger partial charge in [0.1, 0.15) is 17.3 Å². The first kappa shape index (κ1) is 18.6. The molecule has 4 saturated carbocycles. The van der Waals surface area contributed by atoms with Crippen LogP contribution >= 0.6 is 11.6 Å². The summed E-state index contributed by atoms with van der Waals surface area (Å²) in [5, 5.41) is 4.41. The van der Waals surface area contributed by atoms with E-state index in [1.54, 1.807) is 7.11 Å². The highest BCUT2D eigenvalue weighted by Gasteiger charge is 2.52. The smallest absolute Gasteiger partial charge is 0.137 e. The Bertz CT molecular complexity index is 823. The van der Waals surface area contributed by atoms with Crippen molar-refractivity contribution in [2.45, 2.75) is 58.0 Å². The van der Waals surface area contributed by atoms with Crippen LogP contribution in [-0.4, -0.2) is 13.2 Å². The van der Waals surface area contributed by atoms with E-state index < -0.39 is 0 Å². The molecule has 4 aliphatic rings. The van der Waals surface area contributed by atoms with E-state index in [1.165, 1.54) is 38.5 Å². The summed E-state index contributed by atoms with van der Waals surface area (Å²) in [5.74, 6) is 5.49. The lowest BCUT2D eigenvalue weighted by Crippen LogP contribution is -2.54. The second kappa shape index (κ2) is 7.11. The minimum Gasteiger partial charge on any atom is -0.495 e. The Kier molecular flexibility index (Phi) is 4.71. The van der Waals surface area contributed by atoms with Crippen molar-refractivity contribution in [3.63, 3.8) is 0 Å². The Hall–Kier alpha value is -1.45. The fourth-order valence-corrected chi connectivity index (χ4v) is 6.88. The predicted octanol–water partition coefficient (Wildman–Crippen LogP) is 6.30. The fourth-order valence-electron chi connectivity index (χ4n) is 6.63. The topological polar surface area (TPSA) is 34.4 Å². The fraction of sp³-hybridized carbons (Fsp3) is 0.583. The molecular weight excluding hydrogens is 370 g/mol. The van der Waals surface area contributed by atoms with Crippen LogP contribution in [0.5, 0.6) is 5.75 Å². The van der Waals surface area contributed by atoms with E-state index in [9.17, 15) is 0 Å². The molecule has 1 heterocycles. The third-order valence-electron chi connectivity index (χ3n) is 7.68. The molecule has 0 spiro atoms. The maximum absolute atomic E-state index is 6.26. The molecule has 1 atom stereocenters. The van der Waals surface area contributed by atoms with Gasteiger partial charge >= 0.3 is 0 Å². The Balaban J connectivity index is 1.25. The average molecular weight is 400 g/mol. The van der Waals surface area contributed by atoms with Crippen molar-refractivity contribution >= 4 is 11.6 Å². The standard InChI is InChI=1S/C24H30ClNO2/c1-15(24-11-16-7-17(12-24)9-18(8-16)13-24)26-14-20-4-6-22(28-20)19-3-5-23(27-2)21(25)10-19/h3-6,10,15-18,26H,7-9,11-14H2,1-2H3. The second-order valence-corrected chi connectivity index (χ2v) is 9.91. The lowest BCUT2D eigenvalue weighted by atomic mass is 9.48. The Labute approximate surface area is 172 Å². The first-order chi connectivity index (χ1) is 13.5. The molecule has 0 radical (unpaired) electrons. The quantitative estimate of drug-likeness (QED) is 0.618. The number of halogens is 1. The average Bonchev–Trinajstić information content (AvgIpc) is 3.14. The van der Waals surface area contributed by atoms with Gasteiger partial charge in [-0.3, -0.25) is 0 Å². The van der Waals surface area contributed by atoms with Gasteiger partial charge < -0.3 is 14.5 Å². The van der Waals surface area contributed by atoms with Crippen LogP contribution in [0.2, 0.25) is 5.02 Å². The summed E-state index contributed by atoms with van der Waals surface area (Å²) >= 11 is 6.26. The Morgan fingerprint density at radius 3 is 2.39 bits per heavy atom. The summed E-state index contributed by atoms with van der Waals surface area (Å²) in [7, 11) is 1.63. The lowest BCUT2D eigenvalue weighted by Gasteiger charge is -2.59. The first-order valence-corrected chi connectivity index (χ1v) is 11.1. The highest BCUT2D eigenvalue weighted by atomic mass is 35.5. The normalized spacial score (nSPS) is 31.9. The number of ether oxygens (including phenoxy) is 1. The van der Waals surface area contributed by atoms with Gasteiger partial charge in [-0.1, -0.05) is 11.6 Å². The van der Waals surface area contributed by atoms with E-state index in [0.29, 0.717) is 22.2 Å². The predicted molar refractivity (Wildman–Crippen MR) is 113 cm³/mol. The minimum atomic E-state index is 0.522. The van der Waals surface area contributed by atoms with Crippen molar-refractivity contribution in [2.24, 2.45) is 23.2 Å². The molecule has 150 valence electrons. The molecule has 3 nitrogen and oxygen atoms in total. The van der Waals surface area contributed by atoms with Crippen molar-refractivity contribution in [3.8, 4) is 17.1 Å². The molecule has 4 fully saturated rings. The van der Waals surface area contributed by atoms with E-state index >= 15 is 0 Å². The molecule has 1 unspecified atom stereocenters. The minimum absolute atomic E-state index is 0.522. The van der Waals surface area contributed by atoms with E-state index in [0.717, 1.165) is 41.4 Å². The van der Waals surface area contributed by atoms with Crippen molar-refractivity contribution < 1.29 is 9.15 Å². The zero-order valence-electron chi connectivity index (χ0n) is 16.8. The Morgan fingerprint density at radius 1 is 1.11 bits per heavy atom. The van der Waals surface area contributed by atoms with Crippen molar-refractivity contribution in [1.82, 2.24) is 5.32 Å². The molecule has 0 aliphatic heterocycles. The molecule has 1 N–H and O–H groups in total. The summed E-state index contributed by atoms with van der Waals surface area (Å²) in [6.45, 7) is 3.19. The molecule has 0 amide bonds. The zero-order valence-corrected chi connectivity index (χ0v) is 17.6. The molecule has 4 bridgehead atoms. The molecule has 6 rings (SSSR count). The van der Waals surface area contributed by atoms with E-state index in [-0.39, 0.29) is 0 Å². The van der Waals surface area contributed by atoms with Gasteiger partial charge in [-0.25, -0.2) is 0 Å². The number of furan rings is 1. The van der Waals surface area contributed by atoms with E-state index in [4.69, 9.17) is 20.8 Å².